The third-order valence-electron chi connectivity index (χ3n) is 3.05. The fraction of sp³-hybridized carbons (Fsp3) is 0.818. The van der Waals surface area contributed by atoms with E-state index in [0.29, 0.717) is 5.92 Å². The van der Waals surface area contributed by atoms with Gasteiger partial charge in [0.25, 0.3) is 0 Å². The van der Waals surface area contributed by atoms with E-state index in [4.69, 9.17) is 9.84 Å². The standard InChI is InChI=1S/C11H16O3/c1-10(13,8-3-4-8)5-6-11(2)9(7-12)14-11/h8-9,12-13H,3-4,7H2,1-2H3. The largest absolute Gasteiger partial charge is 0.394 e. The average molecular weight is 196 g/mol. The van der Waals surface area contributed by atoms with Gasteiger partial charge >= 0.3 is 0 Å². The lowest BCUT2D eigenvalue weighted by molar-refractivity contribution is 0.0977. The highest BCUT2D eigenvalue weighted by Gasteiger charge is 2.51. The van der Waals surface area contributed by atoms with Gasteiger partial charge in [-0.2, -0.15) is 0 Å². The number of ether oxygens (including phenoxy) is 1. The highest BCUT2D eigenvalue weighted by molar-refractivity contribution is 5.28. The summed E-state index contributed by atoms with van der Waals surface area (Å²) in [7, 11) is 0. The van der Waals surface area contributed by atoms with Gasteiger partial charge in [0.1, 0.15) is 11.7 Å². The second-order valence-electron chi connectivity index (χ2n) is 4.57. The maximum Gasteiger partial charge on any atom is 0.154 e. The Morgan fingerprint density at radius 3 is 2.64 bits per heavy atom. The van der Waals surface area contributed by atoms with Crippen LogP contribution in [0.25, 0.3) is 0 Å². The summed E-state index contributed by atoms with van der Waals surface area (Å²) in [6, 6.07) is 0. The highest BCUT2D eigenvalue weighted by Crippen LogP contribution is 2.40. The average Bonchev–Trinajstić information content (AvgIpc) is 2.96. The summed E-state index contributed by atoms with van der Waals surface area (Å²) < 4.78 is 5.21. The summed E-state index contributed by atoms with van der Waals surface area (Å²) in [5.41, 5.74) is -1.41. The van der Waals surface area contributed by atoms with Gasteiger partial charge < -0.3 is 14.9 Å². The lowest BCUT2D eigenvalue weighted by Gasteiger charge is -2.14. The van der Waals surface area contributed by atoms with Crippen LogP contribution in [0.4, 0.5) is 0 Å². The van der Waals surface area contributed by atoms with E-state index >= 15 is 0 Å². The third-order valence-corrected chi connectivity index (χ3v) is 3.05. The zero-order valence-corrected chi connectivity index (χ0v) is 8.58. The first-order valence-corrected chi connectivity index (χ1v) is 5.03. The van der Waals surface area contributed by atoms with Gasteiger partial charge in [0.2, 0.25) is 0 Å². The van der Waals surface area contributed by atoms with Crippen molar-refractivity contribution in [2.75, 3.05) is 6.61 Å². The molecule has 0 aromatic heterocycles. The fourth-order valence-corrected chi connectivity index (χ4v) is 1.58. The molecule has 1 aliphatic carbocycles. The third kappa shape index (κ3) is 1.78. The smallest absolute Gasteiger partial charge is 0.154 e. The Hall–Kier alpha value is -0.560. The van der Waals surface area contributed by atoms with Crippen molar-refractivity contribution in [2.24, 2.45) is 5.92 Å². The maximum absolute atomic E-state index is 9.91. The Kier molecular flexibility index (Phi) is 2.11. The van der Waals surface area contributed by atoms with Crippen LogP contribution in [0.15, 0.2) is 0 Å². The Balaban J connectivity index is 1.99. The molecule has 2 fully saturated rings. The fourth-order valence-electron chi connectivity index (χ4n) is 1.58. The number of epoxide rings is 1. The second kappa shape index (κ2) is 2.96. The summed E-state index contributed by atoms with van der Waals surface area (Å²) in [6.45, 7) is 3.58. The molecule has 0 bridgehead atoms. The topological polar surface area (TPSA) is 53.0 Å². The minimum Gasteiger partial charge on any atom is -0.394 e. The Bertz CT molecular complexity index is 295. The maximum atomic E-state index is 9.91. The van der Waals surface area contributed by atoms with Crippen LogP contribution in [0.3, 0.4) is 0 Å². The van der Waals surface area contributed by atoms with E-state index in [1.807, 2.05) is 6.92 Å². The Morgan fingerprint density at radius 1 is 1.57 bits per heavy atom. The molecule has 2 aliphatic rings. The number of rotatable bonds is 2. The molecule has 0 aromatic carbocycles. The molecule has 14 heavy (non-hydrogen) atoms. The molecule has 3 nitrogen and oxygen atoms in total. The summed E-state index contributed by atoms with van der Waals surface area (Å²) in [4.78, 5) is 0. The van der Waals surface area contributed by atoms with E-state index in [2.05, 4.69) is 11.8 Å². The molecule has 0 amide bonds. The van der Waals surface area contributed by atoms with Crippen molar-refractivity contribution in [2.45, 2.75) is 44.0 Å². The minimum atomic E-state index is -0.880. The van der Waals surface area contributed by atoms with Crippen molar-refractivity contribution in [3.63, 3.8) is 0 Å². The first kappa shape index (κ1) is 9.97. The molecule has 0 spiro atoms. The van der Waals surface area contributed by atoms with Crippen molar-refractivity contribution in [3.8, 4) is 11.8 Å². The highest BCUT2D eigenvalue weighted by atomic mass is 16.6. The van der Waals surface area contributed by atoms with Gasteiger partial charge in [0.05, 0.1) is 6.61 Å². The van der Waals surface area contributed by atoms with E-state index in [1.54, 1.807) is 6.92 Å². The Labute approximate surface area is 84.1 Å². The summed E-state index contributed by atoms with van der Waals surface area (Å²) >= 11 is 0. The van der Waals surface area contributed by atoms with Gasteiger partial charge in [-0.15, -0.1) is 0 Å². The van der Waals surface area contributed by atoms with Crippen LogP contribution in [-0.2, 0) is 4.74 Å². The number of hydrogen-bond acceptors (Lipinski definition) is 3. The molecule has 3 unspecified atom stereocenters. The summed E-state index contributed by atoms with van der Waals surface area (Å²) in [5.74, 6) is 6.09. The van der Waals surface area contributed by atoms with Crippen molar-refractivity contribution in [1.82, 2.24) is 0 Å². The van der Waals surface area contributed by atoms with E-state index in [9.17, 15) is 5.11 Å². The first-order chi connectivity index (χ1) is 6.48. The van der Waals surface area contributed by atoms with Crippen LogP contribution in [0.2, 0.25) is 0 Å². The lowest BCUT2D eigenvalue weighted by Crippen LogP contribution is -2.25. The van der Waals surface area contributed by atoms with E-state index in [-0.39, 0.29) is 12.7 Å². The van der Waals surface area contributed by atoms with Gasteiger partial charge in [-0.25, -0.2) is 0 Å². The van der Waals surface area contributed by atoms with Crippen molar-refractivity contribution >= 4 is 0 Å². The summed E-state index contributed by atoms with van der Waals surface area (Å²) in [5, 5.41) is 18.7. The van der Waals surface area contributed by atoms with Crippen LogP contribution >= 0.6 is 0 Å². The predicted octanol–water partition coefficient (Wildman–Crippen LogP) is 0.301. The van der Waals surface area contributed by atoms with Gasteiger partial charge in [0.15, 0.2) is 5.60 Å². The normalized spacial score (nSPS) is 39.6. The molecule has 0 aromatic rings. The van der Waals surface area contributed by atoms with Crippen LogP contribution in [0, 0.1) is 17.8 Å². The SMILES string of the molecule is CC(O)(C#CC1(C)OC1CO)C1CC1. The van der Waals surface area contributed by atoms with Gasteiger partial charge in [0, 0.05) is 0 Å². The predicted molar refractivity (Wildman–Crippen MR) is 51.5 cm³/mol. The van der Waals surface area contributed by atoms with Gasteiger partial charge in [-0.05, 0) is 32.6 Å². The van der Waals surface area contributed by atoms with Gasteiger partial charge in [-0.3, -0.25) is 0 Å². The molecular formula is C11H16O3. The van der Waals surface area contributed by atoms with Crippen LogP contribution in [0.5, 0.6) is 0 Å². The van der Waals surface area contributed by atoms with E-state index < -0.39 is 11.2 Å². The molecular weight excluding hydrogens is 180 g/mol. The molecule has 3 atom stereocenters. The van der Waals surface area contributed by atoms with Crippen molar-refractivity contribution in [1.29, 1.82) is 0 Å². The van der Waals surface area contributed by atoms with Crippen molar-refractivity contribution < 1.29 is 14.9 Å². The second-order valence-corrected chi connectivity index (χ2v) is 4.57. The first-order valence-electron chi connectivity index (χ1n) is 5.03. The molecule has 78 valence electrons. The van der Waals surface area contributed by atoms with E-state index in [1.165, 1.54) is 0 Å². The lowest BCUT2D eigenvalue weighted by atomic mass is 9.99. The number of aliphatic hydroxyl groups excluding tert-OH is 1. The molecule has 1 saturated carbocycles. The van der Waals surface area contributed by atoms with Crippen LogP contribution in [-0.4, -0.2) is 34.1 Å². The molecule has 0 radical (unpaired) electrons. The number of aliphatic hydroxyl groups is 2. The van der Waals surface area contributed by atoms with Crippen LogP contribution in [0.1, 0.15) is 26.7 Å². The zero-order chi connectivity index (χ0) is 10.4. The molecule has 2 N–H and O–H groups in total. The molecule has 1 heterocycles. The van der Waals surface area contributed by atoms with Crippen LogP contribution < -0.4 is 0 Å². The van der Waals surface area contributed by atoms with Crippen molar-refractivity contribution in [3.05, 3.63) is 0 Å². The molecule has 2 rings (SSSR count). The van der Waals surface area contributed by atoms with Gasteiger partial charge in [-0.1, -0.05) is 11.8 Å². The monoisotopic (exact) mass is 196 g/mol. The molecule has 1 aliphatic heterocycles. The summed E-state index contributed by atoms with van der Waals surface area (Å²) in [6.07, 6.45) is 1.94. The quantitative estimate of drug-likeness (QED) is 0.493. The minimum absolute atomic E-state index is 0.00322. The molecule has 3 heteroatoms. The molecule has 1 saturated heterocycles. The number of hydrogen-bond donors (Lipinski definition) is 2. The zero-order valence-electron chi connectivity index (χ0n) is 8.58. The Morgan fingerprint density at radius 2 is 2.21 bits per heavy atom. The van der Waals surface area contributed by atoms with E-state index in [0.717, 1.165) is 12.8 Å².